The number of carbonyl (C=O) groups is 2. The van der Waals surface area contributed by atoms with E-state index >= 15 is 0 Å². The number of benzene rings is 1. The number of anilines is 1. The van der Waals surface area contributed by atoms with Crippen LogP contribution in [0.3, 0.4) is 0 Å². The van der Waals surface area contributed by atoms with Crippen molar-refractivity contribution >= 4 is 28.5 Å². The third-order valence-corrected chi connectivity index (χ3v) is 2.61. The lowest BCUT2D eigenvalue weighted by atomic mass is 10.1. The molecular weight excluding hydrogens is 246 g/mol. The fourth-order valence-electron chi connectivity index (χ4n) is 1.67. The van der Waals surface area contributed by atoms with Gasteiger partial charge in [0.1, 0.15) is 5.69 Å². The molecule has 1 aromatic heterocycles. The van der Waals surface area contributed by atoms with Crippen LogP contribution < -0.4 is 11.1 Å². The van der Waals surface area contributed by atoms with Crippen LogP contribution in [0.25, 0.3) is 10.9 Å². The SMILES string of the molecule is Nc1cccc2ccc(C(=O)NCCC(=O)O)nc12. The van der Waals surface area contributed by atoms with E-state index in [0.717, 1.165) is 5.39 Å². The van der Waals surface area contributed by atoms with E-state index in [0.29, 0.717) is 11.2 Å². The van der Waals surface area contributed by atoms with Crippen LogP contribution in [-0.4, -0.2) is 28.5 Å². The lowest BCUT2D eigenvalue weighted by Gasteiger charge is -2.05. The molecule has 1 amide bonds. The quantitative estimate of drug-likeness (QED) is 0.711. The van der Waals surface area contributed by atoms with Crippen LogP contribution in [0.1, 0.15) is 16.9 Å². The number of pyridine rings is 1. The van der Waals surface area contributed by atoms with Gasteiger partial charge in [0.2, 0.25) is 0 Å². The van der Waals surface area contributed by atoms with Gasteiger partial charge in [-0.15, -0.1) is 0 Å². The highest BCUT2D eigenvalue weighted by atomic mass is 16.4. The highest BCUT2D eigenvalue weighted by Crippen LogP contribution is 2.18. The Balaban J connectivity index is 2.18. The molecule has 0 saturated carbocycles. The molecule has 2 aromatic rings. The summed E-state index contributed by atoms with van der Waals surface area (Å²) in [6, 6.07) is 8.71. The summed E-state index contributed by atoms with van der Waals surface area (Å²) >= 11 is 0. The number of carboxylic acids is 1. The van der Waals surface area contributed by atoms with Crippen molar-refractivity contribution in [2.24, 2.45) is 0 Å². The number of carboxylic acid groups (broad SMARTS) is 1. The lowest BCUT2D eigenvalue weighted by Crippen LogP contribution is -2.26. The third kappa shape index (κ3) is 2.98. The molecule has 0 aliphatic heterocycles. The first-order valence-electron chi connectivity index (χ1n) is 5.73. The summed E-state index contributed by atoms with van der Waals surface area (Å²) in [5.41, 5.74) is 7.07. The predicted molar refractivity (Wildman–Crippen MR) is 70.7 cm³/mol. The fraction of sp³-hybridized carbons (Fsp3) is 0.154. The molecule has 6 nitrogen and oxygen atoms in total. The zero-order chi connectivity index (χ0) is 13.8. The van der Waals surface area contributed by atoms with Crippen molar-refractivity contribution in [1.29, 1.82) is 0 Å². The van der Waals surface area contributed by atoms with E-state index < -0.39 is 11.9 Å². The van der Waals surface area contributed by atoms with Crippen molar-refractivity contribution in [3.05, 3.63) is 36.0 Å². The Bertz CT molecular complexity index is 640. The van der Waals surface area contributed by atoms with Crippen molar-refractivity contribution in [1.82, 2.24) is 10.3 Å². The van der Waals surface area contributed by atoms with Crippen LogP contribution in [0, 0.1) is 0 Å². The minimum absolute atomic E-state index is 0.0676. The van der Waals surface area contributed by atoms with Crippen LogP contribution in [0.4, 0.5) is 5.69 Å². The summed E-state index contributed by atoms with van der Waals surface area (Å²) in [5, 5.41) is 11.8. The van der Waals surface area contributed by atoms with E-state index in [9.17, 15) is 9.59 Å². The van der Waals surface area contributed by atoms with Crippen molar-refractivity contribution < 1.29 is 14.7 Å². The largest absolute Gasteiger partial charge is 0.481 e. The second-order valence-corrected chi connectivity index (χ2v) is 4.02. The summed E-state index contributed by atoms with van der Waals surface area (Å²) in [6.45, 7) is 0.0676. The van der Waals surface area contributed by atoms with Gasteiger partial charge in [0, 0.05) is 11.9 Å². The van der Waals surface area contributed by atoms with E-state index in [1.54, 1.807) is 18.2 Å². The summed E-state index contributed by atoms with van der Waals surface area (Å²) in [5.74, 6) is -1.37. The zero-order valence-electron chi connectivity index (χ0n) is 10.1. The van der Waals surface area contributed by atoms with Crippen LogP contribution >= 0.6 is 0 Å². The number of aromatic nitrogens is 1. The number of aliphatic carboxylic acids is 1. The average Bonchev–Trinajstić information content (AvgIpc) is 2.38. The first-order valence-corrected chi connectivity index (χ1v) is 5.73. The Hall–Kier alpha value is -2.63. The molecule has 0 unspecified atom stereocenters. The first kappa shape index (κ1) is 12.8. The van der Waals surface area contributed by atoms with Gasteiger partial charge in [-0.3, -0.25) is 9.59 Å². The van der Waals surface area contributed by atoms with Crippen molar-refractivity contribution in [3.63, 3.8) is 0 Å². The number of nitrogen functional groups attached to an aromatic ring is 1. The Morgan fingerprint density at radius 2 is 2.05 bits per heavy atom. The normalized spacial score (nSPS) is 10.3. The van der Waals surface area contributed by atoms with Crippen molar-refractivity contribution in [2.45, 2.75) is 6.42 Å². The van der Waals surface area contributed by atoms with E-state index in [2.05, 4.69) is 10.3 Å². The summed E-state index contributed by atoms with van der Waals surface area (Å²) in [7, 11) is 0. The molecule has 4 N–H and O–H groups in total. The molecule has 19 heavy (non-hydrogen) atoms. The smallest absolute Gasteiger partial charge is 0.305 e. The maximum absolute atomic E-state index is 11.8. The molecule has 0 aliphatic rings. The van der Waals surface area contributed by atoms with E-state index in [1.807, 2.05) is 12.1 Å². The summed E-state index contributed by atoms with van der Waals surface area (Å²) < 4.78 is 0. The third-order valence-electron chi connectivity index (χ3n) is 2.61. The van der Waals surface area contributed by atoms with Gasteiger partial charge in [0.05, 0.1) is 17.6 Å². The molecule has 0 fully saturated rings. The number of para-hydroxylation sites is 1. The fourth-order valence-corrected chi connectivity index (χ4v) is 1.67. The number of nitrogens with zero attached hydrogens (tertiary/aromatic N) is 1. The molecule has 1 heterocycles. The Labute approximate surface area is 109 Å². The highest BCUT2D eigenvalue weighted by Gasteiger charge is 2.09. The molecule has 6 heteroatoms. The lowest BCUT2D eigenvalue weighted by molar-refractivity contribution is -0.136. The van der Waals surface area contributed by atoms with Gasteiger partial charge < -0.3 is 16.2 Å². The Kier molecular flexibility index (Phi) is 3.61. The predicted octanol–water partition coefficient (Wildman–Crippen LogP) is 1.02. The van der Waals surface area contributed by atoms with Gasteiger partial charge in [-0.1, -0.05) is 18.2 Å². The number of fused-ring (bicyclic) bond motifs is 1. The molecule has 98 valence electrons. The molecule has 0 atom stereocenters. The number of amides is 1. The molecular formula is C13H13N3O3. The van der Waals surface area contributed by atoms with Gasteiger partial charge in [-0.2, -0.15) is 0 Å². The van der Waals surface area contributed by atoms with Gasteiger partial charge >= 0.3 is 5.97 Å². The van der Waals surface area contributed by atoms with Crippen molar-refractivity contribution in [3.8, 4) is 0 Å². The van der Waals surface area contributed by atoms with Crippen LogP contribution in [0.2, 0.25) is 0 Å². The molecule has 0 radical (unpaired) electrons. The van der Waals surface area contributed by atoms with E-state index in [1.165, 1.54) is 0 Å². The highest BCUT2D eigenvalue weighted by molar-refractivity contribution is 5.97. The second kappa shape index (κ2) is 5.34. The average molecular weight is 259 g/mol. The Morgan fingerprint density at radius 3 is 2.79 bits per heavy atom. The monoisotopic (exact) mass is 259 g/mol. The number of carbonyl (C=O) groups excluding carboxylic acids is 1. The minimum Gasteiger partial charge on any atom is -0.481 e. The molecule has 0 saturated heterocycles. The molecule has 2 rings (SSSR count). The summed E-state index contributed by atoms with van der Waals surface area (Å²) in [6.07, 6.45) is -0.124. The van der Waals surface area contributed by atoms with E-state index in [-0.39, 0.29) is 18.7 Å². The number of nitrogens with one attached hydrogen (secondary N) is 1. The van der Waals surface area contributed by atoms with Crippen LogP contribution in [0.15, 0.2) is 30.3 Å². The maximum atomic E-state index is 11.8. The van der Waals surface area contributed by atoms with Gasteiger partial charge in [-0.25, -0.2) is 4.98 Å². The standard InChI is InChI=1S/C13H13N3O3/c14-9-3-1-2-8-4-5-10(16-12(8)9)13(19)15-7-6-11(17)18/h1-5H,6-7,14H2,(H,15,19)(H,17,18). The molecule has 1 aromatic carbocycles. The molecule has 0 bridgehead atoms. The number of nitrogens with two attached hydrogens (primary N) is 1. The zero-order valence-corrected chi connectivity index (χ0v) is 10.1. The van der Waals surface area contributed by atoms with Gasteiger partial charge in [0.25, 0.3) is 5.91 Å². The Morgan fingerprint density at radius 1 is 1.26 bits per heavy atom. The van der Waals surface area contributed by atoms with Crippen LogP contribution in [-0.2, 0) is 4.79 Å². The van der Waals surface area contributed by atoms with E-state index in [4.69, 9.17) is 10.8 Å². The maximum Gasteiger partial charge on any atom is 0.305 e. The number of hydrogen-bond acceptors (Lipinski definition) is 4. The number of rotatable bonds is 4. The molecule has 0 aliphatic carbocycles. The van der Waals surface area contributed by atoms with Crippen LogP contribution in [0.5, 0.6) is 0 Å². The van der Waals surface area contributed by atoms with Gasteiger partial charge in [0.15, 0.2) is 0 Å². The first-order chi connectivity index (χ1) is 9.08. The van der Waals surface area contributed by atoms with Gasteiger partial charge in [-0.05, 0) is 12.1 Å². The molecule has 0 spiro atoms. The van der Waals surface area contributed by atoms with Crippen molar-refractivity contribution in [2.75, 3.05) is 12.3 Å². The second-order valence-electron chi connectivity index (χ2n) is 4.02. The summed E-state index contributed by atoms with van der Waals surface area (Å²) in [4.78, 5) is 26.3. The minimum atomic E-state index is -0.962. The topological polar surface area (TPSA) is 105 Å². The number of hydrogen-bond donors (Lipinski definition) is 3.